The topological polar surface area (TPSA) is 200 Å². The summed E-state index contributed by atoms with van der Waals surface area (Å²) in [6.07, 6.45) is 4.30. The van der Waals surface area contributed by atoms with Crippen LogP contribution in [-0.2, 0) is 9.59 Å². The van der Waals surface area contributed by atoms with Crippen molar-refractivity contribution in [2.45, 2.75) is 50.7 Å². The second-order valence-electron chi connectivity index (χ2n) is 13.4. The Balaban J connectivity index is 0.000000165. The van der Waals surface area contributed by atoms with E-state index in [2.05, 4.69) is 32.8 Å². The molecule has 0 spiro atoms. The summed E-state index contributed by atoms with van der Waals surface area (Å²) in [5.41, 5.74) is 2.55. The molecule has 53 heavy (non-hydrogen) atoms. The van der Waals surface area contributed by atoms with Crippen LogP contribution < -0.4 is 20.8 Å². The van der Waals surface area contributed by atoms with E-state index in [0.29, 0.717) is 35.6 Å². The summed E-state index contributed by atoms with van der Waals surface area (Å²) >= 11 is 0. The number of imide groups is 2. The smallest absolute Gasteiger partial charge is 0.262 e. The van der Waals surface area contributed by atoms with Crippen LogP contribution in [0.25, 0.3) is 22.2 Å². The molecule has 5 heterocycles. The Morgan fingerprint density at radius 3 is 2.43 bits per heavy atom. The average molecular weight is 724 g/mol. The fourth-order valence-electron chi connectivity index (χ4n) is 7.10. The highest BCUT2D eigenvalue weighted by Crippen LogP contribution is 2.35. The molecule has 0 bridgehead atoms. The first-order valence-electron chi connectivity index (χ1n) is 17.5. The lowest BCUT2D eigenvalue weighted by molar-refractivity contribution is -0.136. The first-order valence-corrected chi connectivity index (χ1v) is 17.5. The number of ether oxygens (including phenoxy) is 1. The first kappa shape index (κ1) is 35.4. The Morgan fingerprint density at radius 1 is 0.981 bits per heavy atom. The van der Waals surface area contributed by atoms with E-state index < -0.39 is 35.5 Å². The van der Waals surface area contributed by atoms with Gasteiger partial charge in [-0.25, -0.2) is 4.39 Å². The number of piperidine rings is 2. The lowest BCUT2D eigenvalue weighted by atomic mass is 10.0. The molecule has 1 unspecified atom stereocenters. The van der Waals surface area contributed by atoms with Gasteiger partial charge in [-0.1, -0.05) is 22.5 Å². The highest BCUT2D eigenvalue weighted by molar-refractivity contribution is 6.23. The van der Waals surface area contributed by atoms with Gasteiger partial charge < -0.3 is 24.9 Å². The van der Waals surface area contributed by atoms with Crippen molar-refractivity contribution in [3.05, 3.63) is 77.1 Å². The number of nitrogens with zero attached hydrogens (tertiary/aromatic N) is 6. The lowest BCUT2D eigenvalue weighted by Crippen LogP contribution is -2.54. The van der Waals surface area contributed by atoms with Crippen molar-refractivity contribution in [2.75, 3.05) is 38.1 Å². The lowest BCUT2D eigenvalue weighted by Gasteiger charge is -2.29. The fraction of sp³-hybridized carbons (Fsp3) is 0.351. The van der Waals surface area contributed by atoms with Crippen molar-refractivity contribution < 1.29 is 32.8 Å². The number of anilines is 1. The number of nitrogens with two attached hydrogens (primary N) is 1. The Morgan fingerprint density at radius 2 is 1.72 bits per heavy atom. The number of rotatable bonds is 6. The van der Waals surface area contributed by atoms with Gasteiger partial charge in [-0.15, -0.1) is 5.11 Å². The van der Waals surface area contributed by atoms with E-state index in [0.717, 1.165) is 66.4 Å². The van der Waals surface area contributed by atoms with Crippen molar-refractivity contribution in [1.29, 1.82) is 5.41 Å². The van der Waals surface area contributed by atoms with E-state index in [9.17, 15) is 23.6 Å². The number of carbonyl (C=O) groups is 4. The van der Waals surface area contributed by atoms with E-state index in [1.165, 1.54) is 6.07 Å². The maximum Gasteiger partial charge on any atom is 0.262 e. The van der Waals surface area contributed by atoms with Crippen LogP contribution >= 0.6 is 0 Å². The van der Waals surface area contributed by atoms with Crippen LogP contribution in [0.15, 0.2) is 69.5 Å². The zero-order valence-corrected chi connectivity index (χ0v) is 29.0. The van der Waals surface area contributed by atoms with Gasteiger partial charge in [-0.05, 0) is 81.6 Å². The molecule has 0 radical (unpaired) electrons. The first-order chi connectivity index (χ1) is 25.6. The van der Waals surface area contributed by atoms with Crippen molar-refractivity contribution in [1.82, 2.24) is 20.3 Å². The summed E-state index contributed by atoms with van der Waals surface area (Å²) in [6, 6.07) is 14.6. The van der Waals surface area contributed by atoms with Crippen LogP contribution in [0.1, 0.15) is 64.8 Å². The minimum Gasteiger partial charge on any atom is -0.490 e. The molecule has 3 aromatic carbocycles. The largest absolute Gasteiger partial charge is 0.490 e. The summed E-state index contributed by atoms with van der Waals surface area (Å²) in [5, 5.41) is 21.7. The SMILES string of the molecule is CN1CCC(Oc2cccc(-c3onc4ccc(C(=N)N=NN)cc34)c2)CC1.O=C1CCC(N2C(=O)c3cc(F)c(N4CCCC4)cc3C2=O)C(=O)N1. The van der Waals surface area contributed by atoms with Crippen LogP contribution in [0.5, 0.6) is 5.75 Å². The van der Waals surface area contributed by atoms with Crippen molar-refractivity contribution in [3.8, 4) is 17.1 Å². The second kappa shape index (κ2) is 14.9. The predicted octanol–water partition coefficient (Wildman–Crippen LogP) is 4.45. The maximum atomic E-state index is 14.4. The molecule has 15 nitrogen and oxygen atoms in total. The van der Waals surface area contributed by atoms with Crippen molar-refractivity contribution in [2.24, 2.45) is 16.2 Å². The summed E-state index contributed by atoms with van der Waals surface area (Å²) in [6.45, 7) is 3.50. The van der Waals surface area contributed by atoms with Gasteiger partial charge in [0.1, 0.15) is 29.2 Å². The number of halogens is 1. The van der Waals surface area contributed by atoms with Gasteiger partial charge in [0.15, 0.2) is 11.6 Å². The highest BCUT2D eigenvalue weighted by atomic mass is 19.1. The summed E-state index contributed by atoms with van der Waals surface area (Å²) in [4.78, 5) is 53.6. The molecule has 0 aliphatic carbocycles. The van der Waals surface area contributed by atoms with Gasteiger partial charge >= 0.3 is 0 Å². The molecule has 3 saturated heterocycles. The minimum absolute atomic E-state index is 0.0177. The molecule has 274 valence electrons. The van der Waals surface area contributed by atoms with Gasteiger partial charge in [0.2, 0.25) is 11.8 Å². The molecule has 4 N–H and O–H groups in total. The van der Waals surface area contributed by atoms with Crippen LogP contribution in [0.4, 0.5) is 10.1 Å². The van der Waals surface area contributed by atoms with Gasteiger partial charge in [0, 0.05) is 43.7 Å². The Labute approximate surface area is 303 Å². The number of hydrogen-bond donors (Lipinski definition) is 3. The number of amidine groups is 1. The Kier molecular flexibility index (Phi) is 9.95. The van der Waals surface area contributed by atoms with Crippen molar-refractivity contribution in [3.63, 3.8) is 0 Å². The number of benzene rings is 3. The molecular formula is C37H38FN9O6. The molecule has 4 aliphatic rings. The van der Waals surface area contributed by atoms with E-state index in [4.69, 9.17) is 20.5 Å². The zero-order chi connectivity index (χ0) is 37.2. The second-order valence-corrected chi connectivity index (χ2v) is 13.4. The quantitative estimate of drug-likeness (QED) is 0.0638. The third-order valence-corrected chi connectivity index (χ3v) is 9.93. The minimum atomic E-state index is -1.04. The Bertz CT molecular complexity index is 2140. The van der Waals surface area contributed by atoms with E-state index in [1.807, 2.05) is 35.2 Å². The van der Waals surface area contributed by atoms with Gasteiger partial charge in [-0.3, -0.25) is 34.8 Å². The van der Waals surface area contributed by atoms with Gasteiger partial charge in [0.05, 0.1) is 22.2 Å². The van der Waals surface area contributed by atoms with Crippen LogP contribution in [0.2, 0.25) is 0 Å². The summed E-state index contributed by atoms with van der Waals surface area (Å²) in [5.74, 6) is 3.52. The standard InChI is InChI=1S/C20H22N6O2.C17H16FN3O4/c1-26-9-7-15(8-10-26)27-16-4-2-3-13(11-16)19-17-12-14(20(21)23-25-22)5-6-18(17)24-28-19;18-11-7-9-10(8-13(11)20-5-1-2-6-20)17(25)21(16(9)24)12-3-4-14(22)19-15(12)23/h2-6,11-12,15H,7-10H2,1H3,(H3,21,22,23);7-8,12H,1-6H2,(H,19,22,23). The number of aromatic nitrogens is 1. The van der Waals surface area contributed by atoms with Crippen LogP contribution in [0, 0.1) is 11.2 Å². The fourth-order valence-corrected chi connectivity index (χ4v) is 7.10. The van der Waals surface area contributed by atoms with E-state index in [1.54, 1.807) is 12.1 Å². The molecule has 8 rings (SSSR count). The molecule has 0 saturated carbocycles. The average Bonchev–Trinajstić information content (AvgIpc) is 3.89. The summed E-state index contributed by atoms with van der Waals surface area (Å²) < 4.78 is 26.2. The number of nitrogens with one attached hydrogen (secondary N) is 2. The normalized spacial score (nSPS) is 19.5. The molecule has 3 fully saturated rings. The molecule has 4 aromatic rings. The molecule has 1 aromatic heterocycles. The van der Waals surface area contributed by atoms with Crippen LogP contribution in [-0.4, -0.2) is 89.8 Å². The molecule has 16 heteroatoms. The van der Waals surface area contributed by atoms with Crippen molar-refractivity contribution >= 4 is 46.1 Å². The number of amides is 4. The molecule has 4 aliphatic heterocycles. The van der Waals surface area contributed by atoms with Crippen LogP contribution in [0.3, 0.4) is 0 Å². The molecule has 4 amide bonds. The number of hydrogen-bond acceptors (Lipinski definition) is 11. The maximum absolute atomic E-state index is 14.4. The highest BCUT2D eigenvalue weighted by Gasteiger charge is 2.45. The predicted molar refractivity (Wildman–Crippen MR) is 191 cm³/mol. The zero-order valence-electron chi connectivity index (χ0n) is 29.0. The molecular weight excluding hydrogens is 685 g/mol. The van der Waals surface area contributed by atoms with E-state index in [-0.39, 0.29) is 35.9 Å². The monoisotopic (exact) mass is 723 g/mol. The van der Waals surface area contributed by atoms with Gasteiger partial charge in [0.25, 0.3) is 11.8 Å². The third-order valence-electron chi connectivity index (χ3n) is 9.93. The Hall–Kier alpha value is -6.03. The van der Waals surface area contributed by atoms with E-state index >= 15 is 0 Å². The number of carbonyl (C=O) groups excluding carboxylic acids is 4. The molecule has 1 atom stereocenters. The summed E-state index contributed by atoms with van der Waals surface area (Å²) in [7, 11) is 2.13. The number of likely N-dealkylation sites (tertiary alicyclic amines) is 1. The van der Waals surface area contributed by atoms with Gasteiger partial charge in [-0.2, -0.15) is 0 Å². The number of fused-ring (bicyclic) bond motifs is 2. The third kappa shape index (κ3) is 7.22.